The van der Waals surface area contributed by atoms with Crippen LogP contribution in [0.25, 0.3) is 0 Å². The molecule has 1 N–H and O–H groups in total. The highest BCUT2D eigenvalue weighted by Gasteiger charge is 2.05. The molecule has 0 saturated heterocycles. The molecule has 0 aliphatic rings. The minimum absolute atomic E-state index is 0.227. The lowest BCUT2D eigenvalue weighted by atomic mass is 10.0. The van der Waals surface area contributed by atoms with E-state index in [1.54, 1.807) is 18.2 Å². The maximum atomic E-state index is 9.38. The minimum Gasteiger partial charge on any atom is -0.508 e. The average molecular weight is 242 g/mol. The van der Waals surface area contributed by atoms with Crippen LogP contribution in [-0.2, 0) is 6.61 Å². The van der Waals surface area contributed by atoms with Gasteiger partial charge in [-0.05, 0) is 49.6 Å². The zero-order chi connectivity index (χ0) is 13.1. The molecule has 0 aliphatic carbocycles. The van der Waals surface area contributed by atoms with Crippen LogP contribution in [0.4, 0.5) is 0 Å². The summed E-state index contributed by atoms with van der Waals surface area (Å²) in [5.41, 5.74) is 4.97. The molecule has 0 amide bonds. The molecule has 0 unspecified atom stereocenters. The highest BCUT2D eigenvalue weighted by Crippen LogP contribution is 2.21. The van der Waals surface area contributed by atoms with Crippen LogP contribution in [0.15, 0.2) is 36.4 Å². The molecular formula is C16H18O2. The third kappa shape index (κ3) is 2.83. The molecule has 2 nitrogen and oxygen atoms in total. The predicted molar refractivity (Wildman–Crippen MR) is 73.1 cm³/mol. The van der Waals surface area contributed by atoms with Gasteiger partial charge in [0.05, 0.1) is 0 Å². The minimum atomic E-state index is 0.227. The molecular weight excluding hydrogens is 224 g/mol. The van der Waals surface area contributed by atoms with Gasteiger partial charge >= 0.3 is 0 Å². The monoisotopic (exact) mass is 242 g/mol. The summed E-state index contributed by atoms with van der Waals surface area (Å²) in [5, 5.41) is 9.38. The number of ether oxygens (including phenoxy) is 1. The lowest BCUT2D eigenvalue weighted by molar-refractivity contribution is 0.303. The molecule has 2 aromatic carbocycles. The van der Waals surface area contributed by atoms with Crippen LogP contribution in [0.3, 0.4) is 0 Å². The van der Waals surface area contributed by atoms with Crippen molar-refractivity contribution in [3.8, 4) is 11.5 Å². The smallest absolute Gasteiger partial charge is 0.123 e. The van der Waals surface area contributed by atoms with Crippen molar-refractivity contribution >= 4 is 0 Å². The molecule has 2 rings (SSSR count). The van der Waals surface area contributed by atoms with Gasteiger partial charge in [-0.1, -0.05) is 23.8 Å². The quantitative estimate of drug-likeness (QED) is 0.884. The molecule has 18 heavy (non-hydrogen) atoms. The van der Waals surface area contributed by atoms with Gasteiger partial charge in [-0.3, -0.25) is 0 Å². The summed E-state index contributed by atoms with van der Waals surface area (Å²) in [6.45, 7) is 6.82. The van der Waals surface area contributed by atoms with Gasteiger partial charge in [0, 0.05) is 6.07 Å². The maximum absolute atomic E-state index is 9.38. The Kier molecular flexibility index (Phi) is 3.56. The van der Waals surface area contributed by atoms with Crippen LogP contribution < -0.4 is 4.74 Å². The second kappa shape index (κ2) is 5.13. The Morgan fingerprint density at radius 2 is 1.67 bits per heavy atom. The number of aromatic hydroxyl groups is 1. The number of phenols is 1. The summed E-state index contributed by atoms with van der Waals surface area (Å²) in [6.07, 6.45) is 0. The van der Waals surface area contributed by atoms with Crippen LogP contribution in [0.1, 0.15) is 22.3 Å². The fourth-order valence-corrected chi connectivity index (χ4v) is 2.17. The van der Waals surface area contributed by atoms with E-state index in [1.165, 1.54) is 22.3 Å². The van der Waals surface area contributed by atoms with Crippen LogP contribution in [0, 0.1) is 20.8 Å². The molecule has 2 aromatic rings. The zero-order valence-corrected chi connectivity index (χ0v) is 11.0. The number of hydrogen-bond acceptors (Lipinski definition) is 2. The molecule has 0 spiro atoms. The first-order chi connectivity index (χ1) is 8.56. The van der Waals surface area contributed by atoms with Gasteiger partial charge in [0.15, 0.2) is 0 Å². The summed E-state index contributed by atoms with van der Waals surface area (Å²) in [4.78, 5) is 0. The number of phenolic OH excluding ortho intramolecular Hbond substituents is 1. The maximum Gasteiger partial charge on any atom is 0.123 e. The second-order valence-corrected chi connectivity index (χ2v) is 4.66. The summed E-state index contributed by atoms with van der Waals surface area (Å²) in [6, 6.07) is 11.2. The van der Waals surface area contributed by atoms with E-state index in [-0.39, 0.29) is 5.75 Å². The van der Waals surface area contributed by atoms with Crippen LogP contribution in [0.5, 0.6) is 11.5 Å². The standard InChI is InChI=1S/C16H18O2/c1-11-7-12(2)16(13(3)8-11)10-18-15-6-4-5-14(17)9-15/h4-9,17H,10H2,1-3H3. The van der Waals surface area contributed by atoms with E-state index in [4.69, 9.17) is 4.74 Å². The number of hydrogen-bond donors (Lipinski definition) is 1. The number of aryl methyl sites for hydroxylation is 3. The van der Waals surface area contributed by atoms with Crippen molar-refractivity contribution in [1.29, 1.82) is 0 Å². The third-order valence-corrected chi connectivity index (χ3v) is 3.04. The molecule has 0 radical (unpaired) electrons. The van der Waals surface area contributed by atoms with E-state index in [9.17, 15) is 5.11 Å². The van der Waals surface area contributed by atoms with Crippen molar-refractivity contribution in [2.24, 2.45) is 0 Å². The highest BCUT2D eigenvalue weighted by molar-refractivity contribution is 5.38. The topological polar surface area (TPSA) is 29.5 Å². The molecule has 0 aliphatic heterocycles. The van der Waals surface area contributed by atoms with Crippen LogP contribution >= 0.6 is 0 Å². The lowest BCUT2D eigenvalue weighted by Crippen LogP contribution is -2.01. The van der Waals surface area contributed by atoms with E-state index in [1.807, 2.05) is 6.07 Å². The van der Waals surface area contributed by atoms with Gasteiger partial charge < -0.3 is 9.84 Å². The molecule has 94 valence electrons. The second-order valence-electron chi connectivity index (χ2n) is 4.66. The summed E-state index contributed by atoms with van der Waals surface area (Å²) >= 11 is 0. The van der Waals surface area contributed by atoms with E-state index in [0.717, 1.165) is 0 Å². The van der Waals surface area contributed by atoms with Gasteiger partial charge in [-0.15, -0.1) is 0 Å². The molecule has 0 heterocycles. The molecule has 0 bridgehead atoms. The van der Waals surface area contributed by atoms with Gasteiger partial charge in [0.25, 0.3) is 0 Å². The largest absolute Gasteiger partial charge is 0.508 e. The van der Waals surface area contributed by atoms with Gasteiger partial charge in [-0.2, -0.15) is 0 Å². The van der Waals surface area contributed by atoms with E-state index in [2.05, 4.69) is 32.9 Å². The molecule has 0 saturated carbocycles. The fraction of sp³-hybridized carbons (Fsp3) is 0.250. The van der Waals surface area contributed by atoms with Crippen LogP contribution in [0.2, 0.25) is 0 Å². The molecule has 0 aromatic heterocycles. The first kappa shape index (κ1) is 12.5. The molecule has 0 atom stereocenters. The lowest BCUT2D eigenvalue weighted by Gasteiger charge is -2.12. The molecule has 0 fully saturated rings. The summed E-state index contributed by atoms with van der Waals surface area (Å²) in [7, 11) is 0. The Labute approximate surface area is 108 Å². The van der Waals surface area contributed by atoms with Crippen molar-refractivity contribution in [2.75, 3.05) is 0 Å². The van der Waals surface area contributed by atoms with Gasteiger partial charge in [0.1, 0.15) is 18.1 Å². The van der Waals surface area contributed by atoms with Gasteiger partial charge in [0.2, 0.25) is 0 Å². The molecule has 2 heteroatoms. The van der Waals surface area contributed by atoms with Crippen molar-refractivity contribution in [1.82, 2.24) is 0 Å². The Bertz CT molecular complexity index is 536. The number of rotatable bonds is 3. The fourth-order valence-electron chi connectivity index (χ4n) is 2.17. The van der Waals surface area contributed by atoms with Crippen molar-refractivity contribution in [3.63, 3.8) is 0 Å². The van der Waals surface area contributed by atoms with Crippen molar-refractivity contribution in [3.05, 3.63) is 58.7 Å². The number of benzene rings is 2. The van der Waals surface area contributed by atoms with E-state index >= 15 is 0 Å². The first-order valence-electron chi connectivity index (χ1n) is 6.05. The van der Waals surface area contributed by atoms with Crippen molar-refractivity contribution < 1.29 is 9.84 Å². The Morgan fingerprint density at radius 1 is 1.00 bits per heavy atom. The third-order valence-electron chi connectivity index (χ3n) is 3.04. The van der Waals surface area contributed by atoms with Crippen molar-refractivity contribution in [2.45, 2.75) is 27.4 Å². The van der Waals surface area contributed by atoms with Crippen LogP contribution in [-0.4, -0.2) is 5.11 Å². The zero-order valence-electron chi connectivity index (χ0n) is 11.0. The first-order valence-corrected chi connectivity index (χ1v) is 6.05. The summed E-state index contributed by atoms with van der Waals surface area (Å²) < 4.78 is 5.71. The summed E-state index contributed by atoms with van der Waals surface area (Å²) in [5.74, 6) is 0.916. The Balaban J connectivity index is 2.16. The average Bonchev–Trinajstić information content (AvgIpc) is 2.27. The highest BCUT2D eigenvalue weighted by atomic mass is 16.5. The Morgan fingerprint density at radius 3 is 2.28 bits per heavy atom. The SMILES string of the molecule is Cc1cc(C)c(COc2cccc(O)c2)c(C)c1. The Hall–Kier alpha value is -1.96. The van der Waals surface area contributed by atoms with E-state index < -0.39 is 0 Å². The normalized spacial score (nSPS) is 10.4. The van der Waals surface area contributed by atoms with E-state index in [0.29, 0.717) is 12.4 Å². The van der Waals surface area contributed by atoms with Gasteiger partial charge in [-0.25, -0.2) is 0 Å². The predicted octanol–water partition coefficient (Wildman–Crippen LogP) is 3.90.